The molecule has 0 fully saturated rings. The Morgan fingerprint density at radius 3 is 3.00 bits per heavy atom. The maximum Gasteiger partial charge on any atom is 0.315 e. The standard InChI is InChI=1S/C10H14N2O2/c1-2-8(6-11)10(13)14-9-4-3-5-12-7-9/h3-5,7-8H,2,6,11H2,1H3. The van der Waals surface area contributed by atoms with Crippen LogP contribution in [0.4, 0.5) is 0 Å². The molecule has 1 aromatic rings. The molecule has 0 aliphatic heterocycles. The first-order valence-electron chi connectivity index (χ1n) is 4.59. The van der Waals surface area contributed by atoms with Crippen molar-refractivity contribution in [2.75, 3.05) is 6.54 Å². The summed E-state index contributed by atoms with van der Waals surface area (Å²) in [6.07, 6.45) is 3.81. The summed E-state index contributed by atoms with van der Waals surface area (Å²) in [6, 6.07) is 3.40. The van der Waals surface area contributed by atoms with Crippen LogP contribution < -0.4 is 10.5 Å². The minimum atomic E-state index is -0.289. The molecule has 0 saturated carbocycles. The molecular formula is C10H14N2O2. The number of esters is 1. The summed E-state index contributed by atoms with van der Waals surface area (Å²) < 4.78 is 5.08. The minimum Gasteiger partial charge on any atom is -0.425 e. The number of hydrogen-bond donors (Lipinski definition) is 1. The first-order valence-corrected chi connectivity index (χ1v) is 4.59. The van der Waals surface area contributed by atoms with Crippen LogP contribution in [-0.2, 0) is 4.79 Å². The van der Waals surface area contributed by atoms with Crippen molar-refractivity contribution in [3.63, 3.8) is 0 Å². The van der Waals surface area contributed by atoms with E-state index >= 15 is 0 Å². The van der Waals surface area contributed by atoms with Gasteiger partial charge in [-0.15, -0.1) is 0 Å². The number of carbonyl (C=O) groups excluding carboxylic acids is 1. The third-order valence-corrected chi connectivity index (χ3v) is 1.96. The number of carbonyl (C=O) groups is 1. The molecular weight excluding hydrogens is 180 g/mol. The van der Waals surface area contributed by atoms with E-state index in [-0.39, 0.29) is 11.9 Å². The summed E-state index contributed by atoms with van der Waals surface area (Å²) in [6.45, 7) is 2.22. The van der Waals surface area contributed by atoms with Gasteiger partial charge in [-0.2, -0.15) is 0 Å². The van der Waals surface area contributed by atoms with E-state index in [1.54, 1.807) is 18.3 Å². The van der Waals surface area contributed by atoms with Gasteiger partial charge in [0, 0.05) is 12.7 Å². The average molecular weight is 194 g/mol. The van der Waals surface area contributed by atoms with E-state index in [9.17, 15) is 4.79 Å². The molecule has 14 heavy (non-hydrogen) atoms. The van der Waals surface area contributed by atoms with Gasteiger partial charge in [0.2, 0.25) is 0 Å². The molecule has 76 valence electrons. The Morgan fingerprint density at radius 2 is 2.50 bits per heavy atom. The van der Waals surface area contributed by atoms with Crippen molar-refractivity contribution in [2.24, 2.45) is 11.7 Å². The molecule has 0 spiro atoms. The Labute approximate surface area is 83.1 Å². The SMILES string of the molecule is CCC(CN)C(=O)Oc1cccnc1. The van der Waals surface area contributed by atoms with Gasteiger partial charge in [0.25, 0.3) is 0 Å². The topological polar surface area (TPSA) is 65.2 Å². The first kappa shape index (κ1) is 10.7. The van der Waals surface area contributed by atoms with Crippen LogP contribution in [0.2, 0.25) is 0 Å². The van der Waals surface area contributed by atoms with Gasteiger partial charge in [-0.1, -0.05) is 6.92 Å². The lowest BCUT2D eigenvalue weighted by Crippen LogP contribution is -2.27. The molecule has 1 rings (SSSR count). The van der Waals surface area contributed by atoms with Crippen molar-refractivity contribution in [3.8, 4) is 5.75 Å². The second kappa shape index (κ2) is 5.34. The minimum absolute atomic E-state index is 0.227. The quantitative estimate of drug-likeness (QED) is 0.725. The predicted octanol–water partition coefficient (Wildman–Crippen LogP) is 0.972. The number of nitrogens with two attached hydrogens (primary N) is 1. The number of pyridine rings is 1. The molecule has 0 aliphatic carbocycles. The van der Waals surface area contributed by atoms with E-state index in [4.69, 9.17) is 10.5 Å². The van der Waals surface area contributed by atoms with Gasteiger partial charge in [0.05, 0.1) is 12.1 Å². The van der Waals surface area contributed by atoms with Gasteiger partial charge in [0.1, 0.15) is 5.75 Å². The van der Waals surface area contributed by atoms with Crippen molar-refractivity contribution in [2.45, 2.75) is 13.3 Å². The fourth-order valence-corrected chi connectivity index (χ4v) is 1.04. The Kier molecular flexibility index (Phi) is 4.07. The summed E-state index contributed by atoms with van der Waals surface area (Å²) in [5.41, 5.74) is 5.42. The fourth-order valence-electron chi connectivity index (χ4n) is 1.04. The maximum absolute atomic E-state index is 11.4. The summed E-state index contributed by atoms with van der Waals surface area (Å²) in [5.74, 6) is -0.0531. The molecule has 4 heteroatoms. The van der Waals surface area contributed by atoms with E-state index in [0.717, 1.165) is 0 Å². The average Bonchev–Trinajstić information content (AvgIpc) is 2.21. The number of ether oxygens (including phenoxy) is 1. The normalized spacial score (nSPS) is 12.1. The Bertz CT molecular complexity index is 283. The fraction of sp³-hybridized carbons (Fsp3) is 0.400. The first-order chi connectivity index (χ1) is 6.77. The van der Waals surface area contributed by atoms with Crippen LogP contribution in [0.3, 0.4) is 0 Å². The largest absolute Gasteiger partial charge is 0.425 e. The zero-order valence-corrected chi connectivity index (χ0v) is 8.14. The molecule has 1 heterocycles. The van der Waals surface area contributed by atoms with Gasteiger partial charge >= 0.3 is 5.97 Å². The molecule has 0 saturated heterocycles. The van der Waals surface area contributed by atoms with E-state index < -0.39 is 0 Å². The Hall–Kier alpha value is -1.42. The lowest BCUT2D eigenvalue weighted by Gasteiger charge is -2.10. The van der Waals surface area contributed by atoms with Gasteiger partial charge < -0.3 is 10.5 Å². The summed E-state index contributed by atoms with van der Waals surface area (Å²) in [7, 11) is 0. The molecule has 0 aliphatic rings. The number of aromatic nitrogens is 1. The molecule has 2 N–H and O–H groups in total. The van der Waals surface area contributed by atoms with Crippen molar-refractivity contribution in [1.29, 1.82) is 0 Å². The molecule has 1 atom stereocenters. The van der Waals surface area contributed by atoms with Crippen molar-refractivity contribution in [1.82, 2.24) is 4.98 Å². The van der Waals surface area contributed by atoms with E-state index in [1.165, 1.54) is 6.20 Å². The van der Waals surface area contributed by atoms with Gasteiger partial charge in [-0.05, 0) is 18.6 Å². The van der Waals surface area contributed by atoms with Crippen molar-refractivity contribution >= 4 is 5.97 Å². The second-order valence-corrected chi connectivity index (χ2v) is 2.95. The molecule has 0 aromatic carbocycles. The van der Waals surface area contributed by atoms with Gasteiger partial charge in [-0.25, -0.2) is 0 Å². The van der Waals surface area contributed by atoms with E-state index in [2.05, 4.69) is 4.98 Å². The van der Waals surface area contributed by atoms with E-state index in [1.807, 2.05) is 6.92 Å². The highest BCUT2D eigenvalue weighted by Gasteiger charge is 2.16. The van der Waals surface area contributed by atoms with Gasteiger partial charge in [-0.3, -0.25) is 9.78 Å². The summed E-state index contributed by atoms with van der Waals surface area (Å²) >= 11 is 0. The highest BCUT2D eigenvalue weighted by molar-refractivity contribution is 5.75. The molecule has 0 radical (unpaired) electrons. The molecule has 0 amide bonds. The number of nitrogens with zero attached hydrogens (tertiary/aromatic N) is 1. The monoisotopic (exact) mass is 194 g/mol. The summed E-state index contributed by atoms with van der Waals surface area (Å²) in [5, 5.41) is 0. The predicted molar refractivity (Wildman–Crippen MR) is 52.7 cm³/mol. The van der Waals surface area contributed by atoms with Crippen LogP contribution >= 0.6 is 0 Å². The van der Waals surface area contributed by atoms with Crippen LogP contribution in [0.15, 0.2) is 24.5 Å². The Morgan fingerprint density at radius 1 is 1.71 bits per heavy atom. The third kappa shape index (κ3) is 2.81. The highest BCUT2D eigenvalue weighted by Crippen LogP contribution is 2.10. The number of rotatable bonds is 4. The highest BCUT2D eigenvalue weighted by atomic mass is 16.5. The zero-order chi connectivity index (χ0) is 10.4. The number of hydrogen-bond acceptors (Lipinski definition) is 4. The molecule has 4 nitrogen and oxygen atoms in total. The second-order valence-electron chi connectivity index (χ2n) is 2.95. The van der Waals surface area contributed by atoms with Gasteiger partial charge in [0.15, 0.2) is 0 Å². The van der Waals surface area contributed by atoms with Crippen LogP contribution in [0.25, 0.3) is 0 Å². The van der Waals surface area contributed by atoms with E-state index in [0.29, 0.717) is 18.7 Å². The van der Waals surface area contributed by atoms with Crippen LogP contribution in [0.1, 0.15) is 13.3 Å². The maximum atomic E-state index is 11.4. The van der Waals surface area contributed by atoms with Crippen molar-refractivity contribution in [3.05, 3.63) is 24.5 Å². The van der Waals surface area contributed by atoms with Crippen LogP contribution in [0, 0.1) is 5.92 Å². The molecule has 0 bridgehead atoms. The lowest BCUT2D eigenvalue weighted by molar-refractivity contribution is -0.138. The van der Waals surface area contributed by atoms with Crippen LogP contribution in [-0.4, -0.2) is 17.5 Å². The van der Waals surface area contributed by atoms with Crippen LogP contribution in [0.5, 0.6) is 5.75 Å². The Balaban J connectivity index is 2.57. The molecule has 1 unspecified atom stereocenters. The van der Waals surface area contributed by atoms with Crippen molar-refractivity contribution < 1.29 is 9.53 Å². The lowest BCUT2D eigenvalue weighted by atomic mass is 10.1. The molecule has 1 aromatic heterocycles. The zero-order valence-electron chi connectivity index (χ0n) is 8.14. The smallest absolute Gasteiger partial charge is 0.315 e. The summed E-state index contributed by atoms with van der Waals surface area (Å²) in [4.78, 5) is 15.3. The third-order valence-electron chi connectivity index (χ3n) is 1.96.